The van der Waals surface area contributed by atoms with E-state index in [9.17, 15) is 8.78 Å². The number of benzene rings is 3. The molecule has 0 bridgehead atoms. The fraction of sp³-hybridized carbons (Fsp3) is 0.467. The molecule has 1 aliphatic carbocycles. The Morgan fingerprint density at radius 1 is 0.800 bits per heavy atom. The maximum Gasteiger partial charge on any atom is 0.387 e. The summed E-state index contributed by atoms with van der Waals surface area (Å²) in [5.41, 5.74) is 2.90. The highest BCUT2D eigenvalue weighted by molar-refractivity contribution is 5.84. The molecule has 0 atom stereocenters. The summed E-state index contributed by atoms with van der Waals surface area (Å²) in [4.78, 5) is 0. The van der Waals surface area contributed by atoms with Crippen LogP contribution in [-0.4, -0.2) is 20.3 Å². The lowest BCUT2D eigenvalue weighted by molar-refractivity contribution is -0.0498. The predicted molar refractivity (Wildman–Crippen MR) is 135 cm³/mol. The molecular weight excluding hydrogens is 449 g/mol. The first kappa shape index (κ1) is 25.6. The summed E-state index contributed by atoms with van der Waals surface area (Å²) >= 11 is 0. The number of methoxy groups -OCH3 is 1. The van der Waals surface area contributed by atoms with Crippen molar-refractivity contribution >= 4 is 10.8 Å². The van der Waals surface area contributed by atoms with Crippen molar-refractivity contribution in [2.45, 2.75) is 64.4 Å². The molecule has 2 nitrogen and oxygen atoms in total. The van der Waals surface area contributed by atoms with Gasteiger partial charge >= 0.3 is 6.61 Å². The summed E-state index contributed by atoms with van der Waals surface area (Å²) in [6.07, 6.45) is 9.84. The Labute approximate surface area is 206 Å². The second-order valence-electron chi connectivity index (χ2n) is 9.82. The number of ether oxygens (including phenoxy) is 2. The molecule has 3 aromatic rings. The zero-order chi connectivity index (χ0) is 24.6. The van der Waals surface area contributed by atoms with Crippen LogP contribution in [-0.2, 0) is 24.0 Å². The zero-order valence-electron chi connectivity index (χ0n) is 20.4. The smallest absolute Gasteiger partial charge is 0.387 e. The average molecular weight is 485 g/mol. The number of alkyl halides is 2. The Bertz CT molecular complexity index is 1070. The summed E-state index contributed by atoms with van der Waals surface area (Å²) in [6.45, 7) is -1.96. The lowest BCUT2D eigenvalue weighted by atomic mass is 9.78. The van der Waals surface area contributed by atoms with E-state index in [4.69, 9.17) is 4.74 Å². The molecule has 0 unspecified atom stereocenters. The largest absolute Gasteiger partial charge is 0.435 e. The third kappa shape index (κ3) is 7.23. The van der Waals surface area contributed by atoms with E-state index in [0.717, 1.165) is 35.8 Å². The van der Waals surface area contributed by atoms with Gasteiger partial charge in [-0.25, -0.2) is 4.39 Å². The molecule has 0 spiro atoms. The molecule has 5 heteroatoms. The molecule has 4 rings (SSSR count). The van der Waals surface area contributed by atoms with Gasteiger partial charge in [-0.05, 0) is 78.1 Å². The number of hydrogen-bond acceptors (Lipinski definition) is 2. The van der Waals surface area contributed by atoms with E-state index in [2.05, 4.69) is 16.9 Å². The molecule has 1 aliphatic rings. The van der Waals surface area contributed by atoms with Gasteiger partial charge in [0.25, 0.3) is 0 Å². The maximum absolute atomic E-state index is 15.2. The minimum absolute atomic E-state index is 0.131. The molecule has 0 radical (unpaired) electrons. The summed E-state index contributed by atoms with van der Waals surface area (Å²) in [6, 6.07) is 16.5. The number of aryl methyl sites for hydroxylation is 3. The van der Waals surface area contributed by atoms with Crippen LogP contribution in [0.4, 0.5) is 13.2 Å². The predicted octanol–water partition coefficient (Wildman–Crippen LogP) is 8.14. The van der Waals surface area contributed by atoms with Crippen LogP contribution in [0.1, 0.15) is 55.2 Å². The molecule has 0 heterocycles. The Balaban J connectivity index is 1.31. The van der Waals surface area contributed by atoms with Crippen LogP contribution in [0.5, 0.6) is 5.75 Å². The molecule has 0 amide bonds. The molecule has 1 saturated carbocycles. The highest BCUT2D eigenvalue weighted by Crippen LogP contribution is 2.33. The highest BCUT2D eigenvalue weighted by atomic mass is 19.3. The van der Waals surface area contributed by atoms with Crippen molar-refractivity contribution in [1.82, 2.24) is 0 Å². The molecule has 1 fully saturated rings. The van der Waals surface area contributed by atoms with Crippen LogP contribution in [0.2, 0.25) is 0 Å². The minimum Gasteiger partial charge on any atom is -0.435 e. The Hall–Kier alpha value is -2.53. The van der Waals surface area contributed by atoms with Gasteiger partial charge in [0.05, 0.1) is 0 Å². The first-order chi connectivity index (χ1) is 17.0. The zero-order valence-corrected chi connectivity index (χ0v) is 20.4. The van der Waals surface area contributed by atoms with Gasteiger partial charge in [0.15, 0.2) is 0 Å². The maximum atomic E-state index is 15.2. The fourth-order valence-electron chi connectivity index (χ4n) is 5.32. The number of rotatable bonds is 11. The van der Waals surface area contributed by atoms with Gasteiger partial charge in [-0.2, -0.15) is 8.78 Å². The van der Waals surface area contributed by atoms with Crippen LogP contribution >= 0.6 is 0 Å². The Morgan fingerprint density at radius 2 is 1.49 bits per heavy atom. The van der Waals surface area contributed by atoms with E-state index in [1.54, 1.807) is 19.2 Å². The van der Waals surface area contributed by atoms with Gasteiger partial charge in [0, 0.05) is 19.1 Å². The van der Waals surface area contributed by atoms with Crippen LogP contribution in [0.25, 0.3) is 10.8 Å². The first-order valence-electron chi connectivity index (χ1n) is 12.7. The molecule has 0 saturated heterocycles. The van der Waals surface area contributed by atoms with Crippen molar-refractivity contribution in [1.29, 1.82) is 0 Å². The second kappa shape index (κ2) is 12.4. The minimum atomic E-state index is -2.83. The third-order valence-electron chi connectivity index (χ3n) is 7.47. The number of fused-ring (bicyclic) bond motifs is 1. The monoisotopic (exact) mass is 484 g/mol. The van der Waals surface area contributed by atoms with Gasteiger partial charge in [0.1, 0.15) is 11.6 Å². The van der Waals surface area contributed by atoms with E-state index in [-0.39, 0.29) is 11.6 Å². The van der Waals surface area contributed by atoms with Crippen molar-refractivity contribution < 1.29 is 22.6 Å². The van der Waals surface area contributed by atoms with Gasteiger partial charge in [-0.15, -0.1) is 0 Å². The van der Waals surface area contributed by atoms with Crippen molar-refractivity contribution in [3.8, 4) is 5.75 Å². The summed E-state index contributed by atoms with van der Waals surface area (Å²) in [5, 5.41) is 1.60. The Kier molecular flexibility index (Phi) is 9.08. The molecule has 0 aliphatic heterocycles. The standard InChI is InChI=1S/C30H35F3O2/c1-34-19-18-23-4-2-21(3-5-23)6-7-24-11-17-28-26(20-24)14-13-25(29(28)31)12-8-22-9-15-27(16-10-22)35-30(32)33/h9-11,13-17,20-21,23,30H,2-8,12,18-19H2,1H3. The summed E-state index contributed by atoms with van der Waals surface area (Å²) < 4.78 is 49.4. The van der Waals surface area contributed by atoms with Crippen LogP contribution < -0.4 is 4.74 Å². The molecule has 3 aromatic carbocycles. The van der Waals surface area contributed by atoms with Crippen LogP contribution in [0, 0.1) is 17.7 Å². The van der Waals surface area contributed by atoms with Crippen molar-refractivity contribution in [3.63, 3.8) is 0 Å². The van der Waals surface area contributed by atoms with E-state index in [1.165, 1.54) is 56.2 Å². The van der Waals surface area contributed by atoms with E-state index >= 15 is 4.39 Å². The SMILES string of the molecule is COCCC1CCC(CCc2ccc3c(F)c(CCc4ccc(OC(F)F)cc4)ccc3c2)CC1. The average Bonchev–Trinajstić information content (AvgIpc) is 2.87. The lowest BCUT2D eigenvalue weighted by Gasteiger charge is -2.28. The van der Waals surface area contributed by atoms with Gasteiger partial charge in [-0.1, -0.05) is 68.1 Å². The fourth-order valence-corrected chi connectivity index (χ4v) is 5.32. The molecule has 0 N–H and O–H groups in total. The number of hydrogen-bond donors (Lipinski definition) is 0. The summed E-state index contributed by atoms with van der Waals surface area (Å²) in [5.74, 6) is 1.58. The molecular formula is C30H35F3O2. The van der Waals surface area contributed by atoms with Gasteiger partial charge in [-0.3, -0.25) is 0 Å². The summed E-state index contributed by atoms with van der Waals surface area (Å²) in [7, 11) is 1.78. The molecule has 35 heavy (non-hydrogen) atoms. The van der Waals surface area contributed by atoms with E-state index < -0.39 is 6.61 Å². The van der Waals surface area contributed by atoms with Crippen molar-refractivity contribution in [3.05, 3.63) is 77.1 Å². The lowest BCUT2D eigenvalue weighted by Crippen LogP contribution is -2.16. The highest BCUT2D eigenvalue weighted by Gasteiger charge is 2.21. The van der Waals surface area contributed by atoms with Gasteiger partial charge < -0.3 is 9.47 Å². The third-order valence-corrected chi connectivity index (χ3v) is 7.47. The normalized spacial score (nSPS) is 18.3. The molecule has 0 aromatic heterocycles. The number of halogens is 3. The van der Waals surface area contributed by atoms with Crippen LogP contribution in [0.15, 0.2) is 54.6 Å². The topological polar surface area (TPSA) is 18.5 Å². The van der Waals surface area contributed by atoms with Crippen molar-refractivity contribution in [2.24, 2.45) is 11.8 Å². The van der Waals surface area contributed by atoms with E-state index in [0.29, 0.717) is 23.8 Å². The van der Waals surface area contributed by atoms with Crippen LogP contribution in [0.3, 0.4) is 0 Å². The first-order valence-corrected chi connectivity index (χ1v) is 12.7. The van der Waals surface area contributed by atoms with Crippen molar-refractivity contribution in [2.75, 3.05) is 13.7 Å². The Morgan fingerprint density at radius 3 is 2.17 bits per heavy atom. The molecule has 188 valence electrons. The second-order valence-corrected chi connectivity index (χ2v) is 9.82. The quantitative estimate of drug-likeness (QED) is 0.273. The van der Waals surface area contributed by atoms with Gasteiger partial charge in [0.2, 0.25) is 0 Å². The van der Waals surface area contributed by atoms with E-state index in [1.807, 2.05) is 18.2 Å².